The number of alkyl halides is 1. The fourth-order valence-electron chi connectivity index (χ4n) is 2.26. The van der Waals surface area contributed by atoms with E-state index in [4.69, 9.17) is 11.6 Å². The summed E-state index contributed by atoms with van der Waals surface area (Å²) in [6, 6.07) is 21.2. The van der Waals surface area contributed by atoms with E-state index < -0.39 is 0 Å². The molecule has 0 saturated carbocycles. The van der Waals surface area contributed by atoms with Crippen LogP contribution in [-0.2, 0) is 5.41 Å². The molecular weight excluding hydrogens is 228 g/mol. The van der Waals surface area contributed by atoms with Gasteiger partial charge in [0.1, 0.15) is 0 Å². The molecule has 2 aromatic carbocycles. The van der Waals surface area contributed by atoms with Crippen molar-refractivity contribution in [2.45, 2.75) is 18.8 Å². The first-order chi connectivity index (χ1) is 8.27. The number of rotatable bonds is 4. The van der Waals surface area contributed by atoms with E-state index in [-0.39, 0.29) is 5.41 Å². The lowest BCUT2D eigenvalue weighted by molar-refractivity contribution is 0.553. The van der Waals surface area contributed by atoms with Crippen molar-refractivity contribution in [3.63, 3.8) is 0 Å². The Morgan fingerprint density at radius 2 is 1.24 bits per heavy atom. The summed E-state index contributed by atoms with van der Waals surface area (Å²) in [5.41, 5.74) is 2.66. The highest BCUT2D eigenvalue weighted by molar-refractivity contribution is 6.17. The van der Waals surface area contributed by atoms with Crippen LogP contribution < -0.4 is 0 Å². The zero-order valence-corrected chi connectivity index (χ0v) is 10.8. The number of halogens is 1. The molecule has 0 N–H and O–H groups in total. The van der Waals surface area contributed by atoms with E-state index in [1.54, 1.807) is 0 Å². The van der Waals surface area contributed by atoms with Crippen LogP contribution in [0.1, 0.15) is 24.5 Å². The Labute approximate surface area is 108 Å². The summed E-state index contributed by atoms with van der Waals surface area (Å²) in [6.07, 6.45) is 0.947. The lowest BCUT2D eigenvalue weighted by atomic mass is 9.74. The molecule has 0 amide bonds. The van der Waals surface area contributed by atoms with Crippen molar-refractivity contribution in [1.82, 2.24) is 0 Å². The van der Waals surface area contributed by atoms with E-state index in [9.17, 15) is 0 Å². The first-order valence-corrected chi connectivity index (χ1v) is 6.48. The maximum atomic E-state index is 5.99. The van der Waals surface area contributed by atoms with E-state index in [1.807, 2.05) is 0 Å². The highest BCUT2D eigenvalue weighted by Gasteiger charge is 2.27. The fourth-order valence-corrected chi connectivity index (χ4v) is 2.63. The number of hydrogen-bond acceptors (Lipinski definition) is 0. The van der Waals surface area contributed by atoms with E-state index in [1.165, 1.54) is 11.1 Å². The predicted molar refractivity (Wildman–Crippen MR) is 74.7 cm³/mol. The van der Waals surface area contributed by atoms with Gasteiger partial charge in [0.2, 0.25) is 0 Å². The zero-order valence-electron chi connectivity index (χ0n) is 10.1. The van der Waals surface area contributed by atoms with Gasteiger partial charge >= 0.3 is 0 Å². The molecule has 88 valence electrons. The smallest absolute Gasteiger partial charge is 0.0235 e. The summed E-state index contributed by atoms with van der Waals surface area (Å²) >= 11 is 5.99. The molecule has 0 radical (unpaired) electrons. The lowest BCUT2D eigenvalue weighted by Crippen LogP contribution is -2.24. The second-order valence-corrected chi connectivity index (χ2v) is 4.88. The van der Waals surface area contributed by atoms with Gasteiger partial charge in [-0.15, -0.1) is 11.6 Å². The zero-order chi connectivity index (χ0) is 12.1. The number of benzene rings is 2. The van der Waals surface area contributed by atoms with Gasteiger partial charge < -0.3 is 0 Å². The Balaban J connectivity index is 2.47. The molecule has 0 aliphatic heterocycles. The minimum absolute atomic E-state index is 0.00424. The third-order valence-corrected chi connectivity index (χ3v) is 3.61. The van der Waals surface area contributed by atoms with Crippen molar-refractivity contribution < 1.29 is 0 Å². The molecule has 2 aromatic rings. The van der Waals surface area contributed by atoms with Crippen molar-refractivity contribution in [3.05, 3.63) is 71.8 Å². The predicted octanol–water partition coefficient (Wildman–Crippen LogP) is 4.62. The van der Waals surface area contributed by atoms with Crippen LogP contribution in [0.25, 0.3) is 0 Å². The van der Waals surface area contributed by atoms with Crippen LogP contribution in [0.15, 0.2) is 60.7 Å². The molecule has 0 unspecified atom stereocenters. The summed E-state index contributed by atoms with van der Waals surface area (Å²) in [5, 5.41) is 0. The van der Waals surface area contributed by atoms with Crippen LogP contribution >= 0.6 is 11.6 Å². The lowest BCUT2D eigenvalue weighted by Gasteiger charge is -2.30. The van der Waals surface area contributed by atoms with Gasteiger partial charge in [-0.2, -0.15) is 0 Å². The quantitative estimate of drug-likeness (QED) is 0.689. The van der Waals surface area contributed by atoms with Crippen LogP contribution in [0.3, 0.4) is 0 Å². The molecule has 17 heavy (non-hydrogen) atoms. The topological polar surface area (TPSA) is 0 Å². The minimum atomic E-state index is 0.00424. The Bertz CT molecular complexity index is 408. The largest absolute Gasteiger partial charge is 0.127 e. The Hall–Kier alpha value is -1.27. The van der Waals surface area contributed by atoms with Gasteiger partial charge in [0.15, 0.2) is 0 Å². The molecular formula is C16H17Cl. The first kappa shape index (κ1) is 12.2. The summed E-state index contributed by atoms with van der Waals surface area (Å²) < 4.78 is 0. The Kier molecular flexibility index (Phi) is 3.86. The molecule has 0 atom stereocenters. The van der Waals surface area contributed by atoms with Crippen LogP contribution in [0.5, 0.6) is 0 Å². The Morgan fingerprint density at radius 3 is 1.59 bits per heavy atom. The van der Waals surface area contributed by atoms with E-state index in [0.29, 0.717) is 5.88 Å². The molecule has 2 rings (SSSR count). The molecule has 0 fully saturated rings. The molecule has 0 aliphatic rings. The molecule has 1 heteroatoms. The Morgan fingerprint density at radius 1 is 0.824 bits per heavy atom. The molecule has 0 aliphatic carbocycles. The first-order valence-electron chi connectivity index (χ1n) is 5.94. The van der Waals surface area contributed by atoms with Gasteiger partial charge in [-0.25, -0.2) is 0 Å². The van der Waals surface area contributed by atoms with Crippen LogP contribution in [0, 0.1) is 0 Å². The normalized spacial score (nSPS) is 11.4. The van der Waals surface area contributed by atoms with Gasteiger partial charge in [0, 0.05) is 11.3 Å². The van der Waals surface area contributed by atoms with Gasteiger partial charge in [0.25, 0.3) is 0 Å². The molecule has 0 spiro atoms. The molecule has 0 aromatic heterocycles. The van der Waals surface area contributed by atoms with Gasteiger partial charge in [-0.1, -0.05) is 67.6 Å². The highest BCUT2D eigenvalue weighted by Crippen LogP contribution is 2.35. The summed E-state index contributed by atoms with van der Waals surface area (Å²) in [5.74, 6) is 0.667. The van der Waals surface area contributed by atoms with E-state index >= 15 is 0 Å². The van der Waals surface area contributed by atoms with Crippen molar-refractivity contribution in [2.75, 3.05) is 5.88 Å². The minimum Gasteiger partial charge on any atom is -0.127 e. The SMILES string of the molecule is CC(CCCl)(c1ccccc1)c1ccccc1. The van der Waals surface area contributed by atoms with E-state index in [0.717, 1.165) is 6.42 Å². The van der Waals surface area contributed by atoms with Crippen molar-refractivity contribution >= 4 is 11.6 Å². The second-order valence-electron chi connectivity index (χ2n) is 4.50. The van der Waals surface area contributed by atoms with Crippen LogP contribution in [0.2, 0.25) is 0 Å². The third kappa shape index (κ3) is 2.53. The van der Waals surface area contributed by atoms with E-state index in [2.05, 4.69) is 67.6 Å². The number of hydrogen-bond donors (Lipinski definition) is 0. The monoisotopic (exact) mass is 244 g/mol. The maximum Gasteiger partial charge on any atom is 0.0235 e. The standard InChI is InChI=1S/C16H17Cl/c1-16(12-13-17,14-8-4-2-5-9-14)15-10-6-3-7-11-15/h2-11H,12-13H2,1H3. The van der Waals surface area contributed by atoms with Crippen LogP contribution in [0.4, 0.5) is 0 Å². The van der Waals surface area contributed by atoms with Gasteiger partial charge in [-0.05, 0) is 17.5 Å². The molecule has 0 bridgehead atoms. The maximum absolute atomic E-state index is 5.99. The van der Waals surface area contributed by atoms with Gasteiger partial charge in [0.05, 0.1) is 0 Å². The van der Waals surface area contributed by atoms with Crippen molar-refractivity contribution in [3.8, 4) is 0 Å². The average Bonchev–Trinajstić information content (AvgIpc) is 2.41. The summed E-state index contributed by atoms with van der Waals surface area (Å²) in [4.78, 5) is 0. The molecule has 0 saturated heterocycles. The van der Waals surface area contributed by atoms with Crippen molar-refractivity contribution in [2.24, 2.45) is 0 Å². The summed E-state index contributed by atoms with van der Waals surface area (Å²) in [6.45, 7) is 2.26. The molecule has 0 nitrogen and oxygen atoms in total. The summed E-state index contributed by atoms with van der Waals surface area (Å²) in [7, 11) is 0. The fraction of sp³-hybridized carbons (Fsp3) is 0.250. The van der Waals surface area contributed by atoms with Crippen LogP contribution in [-0.4, -0.2) is 5.88 Å². The second kappa shape index (κ2) is 5.37. The van der Waals surface area contributed by atoms with Gasteiger partial charge in [-0.3, -0.25) is 0 Å². The van der Waals surface area contributed by atoms with Crippen molar-refractivity contribution in [1.29, 1.82) is 0 Å². The average molecular weight is 245 g/mol. The highest BCUT2D eigenvalue weighted by atomic mass is 35.5. The molecule has 0 heterocycles. The third-order valence-electron chi connectivity index (χ3n) is 3.42.